The van der Waals surface area contributed by atoms with Crippen LogP contribution in [0, 0.1) is 19.7 Å². The molecule has 0 aliphatic carbocycles. The van der Waals surface area contributed by atoms with Crippen LogP contribution < -0.4 is 9.64 Å². The van der Waals surface area contributed by atoms with Crippen LogP contribution in [-0.2, 0) is 9.59 Å². The molecule has 5 rings (SSSR count). The lowest BCUT2D eigenvalue weighted by Gasteiger charge is -2.23. The quantitative estimate of drug-likeness (QED) is 0.203. The van der Waals surface area contributed by atoms with Crippen LogP contribution in [-0.4, -0.2) is 28.4 Å². The maximum Gasteiger partial charge on any atom is 0.301 e. The third kappa shape index (κ3) is 3.93. The van der Waals surface area contributed by atoms with Crippen LogP contribution >= 0.6 is 11.3 Å². The molecule has 4 aromatic rings. The van der Waals surface area contributed by atoms with Crippen LogP contribution in [0.25, 0.3) is 16.0 Å². The van der Waals surface area contributed by atoms with E-state index in [2.05, 4.69) is 4.98 Å². The molecular formula is C28H23FN2O4S. The molecule has 1 atom stereocenters. The number of hydrogen-bond acceptors (Lipinski definition) is 6. The van der Waals surface area contributed by atoms with Gasteiger partial charge in [0.1, 0.15) is 23.4 Å². The number of amides is 1. The molecule has 3 aromatic carbocycles. The molecule has 182 valence electrons. The molecule has 1 fully saturated rings. The number of aliphatic hydroxyl groups excluding tert-OH is 1. The van der Waals surface area contributed by atoms with Crippen molar-refractivity contribution < 1.29 is 23.8 Å². The van der Waals surface area contributed by atoms with E-state index in [9.17, 15) is 14.7 Å². The van der Waals surface area contributed by atoms with Gasteiger partial charge in [0.2, 0.25) is 0 Å². The van der Waals surface area contributed by atoms with Crippen LogP contribution in [0.1, 0.15) is 35.2 Å². The molecule has 1 aliphatic heterocycles. The number of ether oxygens (including phenoxy) is 1. The summed E-state index contributed by atoms with van der Waals surface area (Å²) in [5, 5.41) is 11.5. The van der Waals surface area contributed by atoms with Crippen LogP contribution in [0.3, 0.4) is 0 Å². The topological polar surface area (TPSA) is 79.7 Å². The molecule has 6 nitrogen and oxygen atoms in total. The van der Waals surface area contributed by atoms with Crippen molar-refractivity contribution in [3.63, 3.8) is 0 Å². The first-order valence-corrected chi connectivity index (χ1v) is 12.3. The van der Waals surface area contributed by atoms with Gasteiger partial charge >= 0.3 is 5.91 Å². The van der Waals surface area contributed by atoms with Crippen molar-refractivity contribution in [1.82, 2.24) is 4.98 Å². The van der Waals surface area contributed by atoms with Crippen LogP contribution in [0.15, 0.2) is 66.2 Å². The number of Topliss-reactive ketones (excluding diaryl/α,β-unsaturated/α-hetero) is 1. The summed E-state index contributed by atoms with van der Waals surface area (Å²) in [6, 6.07) is 15.2. The number of anilines is 1. The van der Waals surface area contributed by atoms with E-state index in [1.165, 1.54) is 34.4 Å². The fourth-order valence-corrected chi connectivity index (χ4v) is 5.68. The maximum atomic E-state index is 15.1. The molecular weight excluding hydrogens is 479 g/mol. The summed E-state index contributed by atoms with van der Waals surface area (Å²) in [6.45, 7) is 6.22. The van der Waals surface area contributed by atoms with E-state index in [0.29, 0.717) is 23.4 Å². The summed E-state index contributed by atoms with van der Waals surface area (Å²) in [7, 11) is 0. The van der Waals surface area contributed by atoms with E-state index in [-0.39, 0.29) is 22.0 Å². The molecule has 0 bridgehead atoms. The lowest BCUT2D eigenvalue weighted by atomic mass is 9.95. The van der Waals surface area contributed by atoms with Crippen molar-refractivity contribution in [2.75, 3.05) is 11.5 Å². The minimum absolute atomic E-state index is 0.0938. The van der Waals surface area contributed by atoms with Gasteiger partial charge in [0.05, 0.1) is 22.4 Å². The Balaban J connectivity index is 1.71. The van der Waals surface area contributed by atoms with E-state index >= 15 is 4.39 Å². The number of nitrogens with zero attached hydrogens (tertiary/aromatic N) is 2. The number of aliphatic hydroxyl groups is 1. The normalized spacial score (nSPS) is 17.2. The molecule has 0 spiro atoms. The first-order valence-electron chi connectivity index (χ1n) is 11.5. The number of rotatable bonds is 5. The van der Waals surface area contributed by atoms with Gasteiger partial charge < -0.3 is 9.84 Å². The van der Waals surface area contributed by atoms with Crippen molar-refractivity contribution in [3.8, 4) is 5.75 Å². The second kappa shape index (κ2) is 9.20. The number of fused-ring (bicyclic) bond motifs is 1. The van der Waals surface area contributed by atoms with Crippen molar-refractivity contribution in [2.24, 2.45) is 0 Å². The number of halogens is 1. The van der Waals surface area contributed by atoms with E-state index in [1.54, 1.807) is 30.3 Å². The smallest absolute Gasteiger partial charge is 0.301 e. The summed E-state index contributed by atoms with van der Waals surface area (Å²) in [6.07, 6.45) is 0. The lowest BCUT2D eigenvalue weighted by molar-refractivity contribution is -0.132. The Morgan fingerprint density at radius 1 is 1.11 bits per heavy atom. The largest absolute Gasteiger partial charge is 0.507 e. The lowest BCUT2D eigenvalue weighted by Crippen LogP contribution is -2.29. The monoisotopic (exact) mass is 502 g/mol. The van der Waals surface area contributed by atoms with Gasteiger partial charge in [-0.05, 0) is 68.3 Å². The Kier molecular flexibility index (Phi) is 6.05. The van der Waals surface area contributed by atoms with Crippen molar-refractivity contribution in [1.29, 1.82) is 0 Å². The molecule has 8 heteroatoms. The molecule has 1 saturated heterocycles. The summed E-state index contributed by atoms with van der Waals surface area (Å²) < 4.78 is 21.4. The van der Waals surface area contributed by atoms with Crippen LogP contribution in [0.5, 0.6) is 5.75 Å². The zero-order valence-electron chi connectivity index (χ0n) is 19.9. The van der Waals surface area contributed by atoms with E-state index in [4.69, 9.17) is 4.74 Å². The van der Waals surface area contributed by atoms with Gasteiger partial charge in [-0.2, -0.15) is 0 Å². The minimum atomic E-state index is -1.18. The molecule has 36 heavy (non-hydrogen) atoms. The maximum absolute atomic E-state index is 15.1. The summed E-state index contributed by atoms with van der Waals surface area (Å²) in [4.78, 5) is 32.5. The highest BCUT2D eigenvalue weighted by atomic mass is 32.1. The average Bonchev–Trinajstić information content (AvgIpc) is 3.38. The SMILES string of the molecule is CCOc1ccc(C(O)=C2C(=O)C(=O)N(c3nc4c(C)cc(C)cc4s3)[C@H]2c2ccccc2F)cc1. The predicted molar refractivity (Wildman–Crippen MR) is 138 cm³/mol. The standard InChI is InChI=1S/C28H23FN2O4S/c1-4-35-18-11-9-17(10-12-18)25(32)22-24(19-7-5-6-8-20(19)29)31(27(34)26(22)33)28-30-23-16(3)13-15(2)14-21(23)36-28/h5-14,24,32H,4H2,1-3H3/t24-/m0/s1. The molecule has 2 heterocycles. The molecule has 0 saturated carbocycles. The van der Waals surface area contributed by atoms with Gasteiger partial charge in [0.25, 0.3) is 5.78 Å². The van der Waals surface area contributed by atoms with E-state index < -0.39 is 23.5 Å². The highest BCUT2D eigenvalue weighted by molar-refractivity contribution is 7.22. The number of carbonyl (C=O) groups excluding carboxylic acids is 2. The number of hydrogen-bond donors (Lipinski definition) is 1. The van der Waals surface area contributed by atoms with Gasteiger partial charge in [0.15, 0.2) is 5.13 Å². The Hall–Kier alpha value is -4.04. The second-order valence-electron chi connectivity index (χ2n) is 8.57. The van der Waals surface area contributed by atoms with Crippen molar-refractivity contribution in [3.05, 3.63) is 94.3 Å². The number of thiazole rings is 1. The number of ketones is 1. The Morgan fingerprint density at radius 2 is 1.83 bits per heavy atom. The number of carbonyl (C=O) groups is 2. The third-order valence-corrected chi connectivity index (χ3v) is 7.11. The van der Waals surface area contributed by atoms with Crippen LogP contribution in [0.4, 0.5) is 9.52 Å². The van der Waals surface area contributed by atoms with Gasteiger partial charge in [0, 0.05) is 11.1 Å². The Bertz CT molecular complexity index is 1540. The second-order valence-corrected chi connectivity index (χ2v) is 9.58. The highest BCUT2D eigenvalue weighted by Crippen LogP contribution is 2.45. The van der Waals surface area contributed by atoms with Gasteiger partial charge in [-0.25, -0.2) is 9.37 Å². The zero-order chi connectivity index (χ0) is 25.6. The Morgan fingerprint density at radius 3 is 2.53 bits per heavy atom. The molecule has 1 aromatic heterocycles. The summed E-state index contributed by atoms with van der Waals surface area (Å²) >= 11 is 1.25. The summed E-state index contributed by atoms with van der Waals surface area (Å²) in [5.41, 5.74) is 2.90. The molecule has 1 N–H and O–H groups in total. The number of aryl methyl sites for hydroxylation is 2. The van der Waals surface area contributed by atoms with Crippen LogP contribution in [0.2, 0.25) is 0 Å². The van der Waals surface area contributed by atoms with Crippen molar-refractivity contribution in [2.45, 2.75) is 26.8 Å². The fourth-order valence-electron chi connectivity index (χ4n) is 4.51. The molecule has 0 radical (unpaired) electrons. The van der Waals surface area contributed by atoms with Gasteiger partial charge in [-0.3, -0.25) is 14.5 Å². The van der Waals surface area contributed by atoms with E-state index in [0.717, 1.165) is 15.8 Å². The molecule has 0 unspecified atom stereocenters. The summed E-state index contributed by atoms with van der Waals surface area (Å²) in [5.74, 6) is -2.16. The highest BCUT2D eigenvalue weighted by Gasteiger charge is 2.49. The Labute approximate surface area is 211 Å². The van der Waals surface area contributed by atoms with Crippen molar-refractivity contribution >= 4 is 44.1 Å². The van der Waals surface area contributed by atoms with E-state index in [1.807, 2.05) is 32.9 Å². The first kappa shape index (κ1) is 23.7. The fraction of sp³-hybridized carbons (Fsp3) is 0.179. The van der Waals surface area contributed by atoms with Gasteiger partial charge in [-0.1, -0.05) is 35.6 Å². The number of aromatic nitrogens is 1. The average molecular weight is 503 g/mol. The minimum Gasteiger partial charge on any atom is -0.507 e. The van der Waals surface area contributed by atoms with Gasteiger partial charge in [-0.15, -0.1) is 0 Å². The third-order valence-electron chi connectivity index (χ3n) is 6.11. The zero-order valence-corrected chi connectivity index (χ0v) is 20.7. The number of benzene rings is 3. The molecule has 1 amide bonds. The molecule has 1 aliphatic rings. The predicted octanol–water partition coefficient (Wildman–Crippen LogP) is 6.08. The first-order chi connectivity index (χ1) is 17.3.